The van der Waals surface area contributed by atoms with Gasteiger partial charge in [0.25, 0.3) is 0 Å². The second kappa shape index (κ2) is 5.60. The molecule has 0 aromatic heterocycles. The number of anilines is 2. The van der Waals surface area contributed by atoms with Crippen LogP contribution in [-0.4, -0.2) is 12.5 Å². The number of nitrogens with two attached hydrogens (primary N) is 1. The van der Waals surface area contributed by atoms with Crippen molar-refractivity contribution in [2.75, 3.05) is 17.2 Å². The van der Waals surface area contributed by atoms with Gasteiger partial charge in [-0.2, -0.15) is 0 Å². The molecule has 3 nitrogen and oxygen atoms in total. The van der Waals surface area contributed by atoms with Crippen LogP contribution in [0.25, 0.3) is 0 Å². The maximum atomic E-state index is 12.6. The van der Waals surface area contributed by atoms with Crippen LogP contribution in [0.5, 0.6) is 0 Å². The van der Waals surface area contributed by atoms with Crippen LogP contribution in [0.4, 0.5) is 11.4 Å². The van der Waals surface area contributed by atoms with Gasteiger partial charge in [-0.05, 0) is 49.1 Å². The first-order chi connectivity index (χ1) is 10.1. The van der Waals surface area contributed by atoms with Gasteiger partial charge in [0.2, 0.25) is 5.91 Å². The Bertz CT molecular complexity index is 679. The number of rotatable bonds is 2. The first-order valence-electron chi connectivity index (χ1n) is 7.38. The third-order valence-corrected chi connectivity index (χ3v) is 3.96. The van der Waals surface area contributed by atoms with Gasteiger partial charge in [0.1, 0.15) is 0 Å². The number of carbonyl (C=O) groups excluding carboxylic acids is 1. The minimum absolute atomic E-state index is 0.144. The third kappa shape index (κ3) is 2.92. The summed E-state index contributed by atoms with van der Waals surface area (Å²) in [4.78, 5) is 14.5. The zero-order valence-electron chi connectivity index (χ0n) is 12.3. The molecule has 0 saturated carbocycles. The van der Waals surface area contributed by atoms with Crippen LogP contribution in [0, 0.1) is 6.92 Å². The molecule has 108 valence electrons. The molecule has 21 heavy (non-hydrogen) atoms. The number of hydrogen-bond acceptors (Lipinski definition) is 2. The second-order valence-corrected chi connectivity index (χ2v) is 5.70. The summed E-state index contributed by atoms with van der Waals surface area (Å²) < 4.78 is 0. The van der Waals surface area contributed by atoms with Crippen molar-refractivity contribution in [2.24, 2.45) is 0 Å². The van der Waals surface area contributed by atoms with Gasteiger partial charge >= 0.3 is 0 Å². The van der Waals surface area contributed by atoms with Gasteiger partial charge in [-0.3, -0.25) is 4.79 Å². The van der Waals surface area contributed by atoms with Crippen LogP contribution in [-0.2, 0) is 17.6 Å². The van der Waals surface area contributed by atoms with Gasteiger partial charge in [-0.25, -0.2) is 0 Å². The molecule has 0 aliphatic carbocycles. The summed E-state index contributed by atoms with van der Waals surface area (Å²) in [6, 6.07) is 13.9. The topological polar surface area (TPSA) is 46.3 Å². The number of fused-ring (bicyclic) bond motifs is 1. The molecule has 2 aromatic rings. The molecule has 0 radical (unpaired) electrons. The second-order valence-electron chi connectivity index (χ2n) is 5.70. The summed E-state index contributed by atoms with van der Waals surface area (Å²) in [5.41, 5.74) is 11.1. The third-order valence-electron chi connectivity index (χ3n) is 3.96. The van der Waals surface area contributed by atoms with Crippen LogP contribution < -0.4 is 10.6 Å². The van der Waals surface area contributed by atoms with E-state index in [1.54, 1.807) is 0 Å². The molecule has 2 N–H and O–H groups in total. The zero-order valence-corrected chi connectivity index (χ0v) is 12.3. The number of hydrogen-bond donors (Lipinski definition) is 1. The van der Waals surface area contributed by atoms with Crippen molar-refractivity contribution in [2.45, 2.75) is 26.2 Å². The Kier molecular flexibility index (Phi) is 3.65. The highest BCUT2D eigenvalue weighted by atomic mass is 16.2. The summed E-state index contributed by atoms with van der Waals surface area (Å²) >= 11 is 0. The van der Waals surface area contributed by atoms with Crippen molar-refractivity contribution in [1.82, 2.24) is 0 Å². The van der Waals surface area contributed by atoms with Crippen molar-refractivity contribution in [3.05, 3.63) is 59.2 Å². The Morgan fingerprint density at radius 2 is 2.10 bits per heavy atom. The van der Waals surface area contributed by atoms with E-state index in [-0.39, 0.29) is 5.91 Å². The van der Waals surface area contributed by atoms with E-state index in [1.165, 1.54) is 11.1 Å². The fraction of sp³-hybridized carbons (Fsp3) is 0.278. The fourth-order valence-corrected chi connectivity index (χ4v) is 2.96. The highest BCUT2D eigenvalue weighted by Gasteiger charge is 2.22. The number of nitrogens with zero attached hydrogens (tertiary/aromatic N) is 1. The average Bonchev–Trinajstić information content (AvgIpc) is 2.46. The van der Waals surface area contributed by atoms with E-state index in [1.807, 2.05) is 29.2 Å². The van der Waals surface area contributed by atoms with Gasteiger partial charge in [-0.1, -0.05) is 29.8 Å². The number of benzene rings is 2. The zero-order chi connectivity index (χ0) is 14.8. The first kappa shape index (κ1) is 13.7. The summed E-state index contributed by atoms with van der Waals surface area (Å²) in [5.74, 6) is 0.144. The molecular formula is C18H20N2O. The average molecular weight is 280 g/mol. The quantitative estimate of drug-likeness (QED) is 0.859. The smallest absolute Gasteiger partial charge is 0.231 e. The van der Waals surface area contributed by atoms with E-state index in [0.717, 1.165) is 30.6 Å². The lowest BCUT2D eigenvalue weighted by atomic mass is 9.99. The Morgan fingerprint density at radius 3 is 2.90 bits per heavy atom. The molecule has 1 heterocycles. The highest BCUT2D eigenvalue weighted by molar-refractivity contribution is 5.96. The van der Waals surface area contributed by atoms with E-state index in [2.05, 4.69) is 25.1 Å². The van der Waals surface area contributed by atoms with E-state index >= 15 is 0 Å². The molecule has 3 rings (SSSR count). The molecular weight excluding hydrogens is 260 g/mol. The number of carbonyl (C=O) groups is 1. The molecule has 0 atom stereocenters. The van der Waals surface area contributed by atoms with Crippen molar-refractivity contribution in [3.8, 4) is 0 Å². The first-order valence-corrected chi connectivity index (χ1v) is 7.38. The standard InChI is InChI=1S/C18H20N2O/c1-13-7-8-17-15(10-13)5-3-9-20(17)18(21)12-14-4-2-6-16(19)11-14/h2,4,6-8,10-11H,3,5,9,12,19H2,1H3. The molecule has 0 spiro atoms. The van der Waals surface area contributed by atoms with E-state index < -0.39 is 0 Å². The number of amides is 1. The Hall–Kier alpha value is -2.29. The minimum Gasteiger partial charge on any atom is -0.399 e. The maximum Gasteiger partial charge on any atom is 0.231 e. The van der Waals surface area contributed by atoms with E-state index in [4.69, 9.17) is 5.73 Å². The van der Waals surface area contributed by atoms with Gasteiger partial charge in [0, 0.05) is 17.9 Å². The summed E-state index contributed by atoms with van der Waals surface area (Å²) in [6.07, 6.45) is 2.48. The lowest BCUT2D eigenvalue weighted by molar-refractivity contribution is -0.118. The number of nitrogen functional groups attached to an aromatic ring is 1. The molecule has 0 fully saturated rings. The normalized spacial score (nSPS) is 13.9. The highest BCUT2D eigenvalue weighted by Crippen LogP contribution is 2.28. The summed E-state index contributed by atoms with van der Waals surface area (Å²) in [6.45, 7) is 2.89. The van der Waals surface area contributed by atoms with E-state index in [9.17, 15) is 4.79 Å². The minimum atomic E-state index is 0.144. The molecule has 1 aliphatic heterocycles. The molecule has 3 heteroatoms. The molecule has 0 saturated heterocycles. The fourth-order valence-electron chi connectivity index (χ4n) is 2.96. The summed E-state index contributed by atoms with van der Waals surface area (Å²) in [5, 5.41) is 0. The largest absolute Gasteiger partial charge is 0.399 e. The predicted octanol–water partition coefficient (Wildman–Crippen LogP) is 3.10. The molecule has 0 bridgehead atoms. The van der Waals surface area contributed by atoms with Gasteiger partial charge < -0.3 is 10.6 Å². The molecule has 0 unspecified atom stereocenters. The Morgan fingerprint density at radius 1 is 1.24 bits per heavy atom. The Labute approximate surface area is 125 Å². The summed E-state index contributed by atoms with van der Waals surface area (Å²) in [7, 11) is 0. The molecule has 1 amide bonds. The molecule has 1 aliphatic rings. The van der Waals surface area contributed by atoms with Crippen molar-refractivity contribution < 1.29 is 4.79 Å². The van der Waals surface area contributed by atoms with Gasteiger partial charge in [0.15, 0.2) is 0 Å². The van der Waals surface area contributed by atoms with Crippen molar-refractivity contribution in [3.63, 3.8) is 0 Å². The van der Waals surface area contributed by atoms with Crippen molar-refractivity contribution in [1.29, 1.82) is 0 Å². The van der Waals surface area contributed by atoms with E-state index in [0.29, 0.717) is 12.1 Å². The van der Waals surface area contributed by atoms with Gasteiger partial charge in [0.05, 0.1) is 6.42 Å². The van der Waals surface area contributed by atoms with Crippen LogP contribution in [0.2, 0.25) is 0 Å². The van der Waals surface area contributed by atoms with Gasteiger partial charge in [-0.15, -0.1) is 0 Å². The predicted molar refractivity (Wildman–Crippen MR) is 86.4 cm³/mol. The number of aryl methyl sites for hydroxylation is 2. The lowest BCUT2D eigenvalue weighted by Gasteiger charge is -2.30. The van der Waals surface area contributed by atoms with Crippen LogP contribution in [0.1, 0.15) is 23.1 Å². The monoisotopic (exact) mass is 280 g/mol. The molecule has 2 aromatic carbocycles. The Balaban J connectivity index is 1.83. The SMILES string of the molecule is Cc1ccc2c(c1)CCCN2C(=O)Cc1cccc(N)c1. The lowest BCUT2D eigenvalue weighted by Crippen LogP contribution is -2.36. The van der Waals surface area contributed by atoms with Crippen LogP contribution in [0.15, 0.2) is 42.5 Å². The van der Waals surface area contributed by atoms with Crippen molar-refractivity contribution >= 4 is 17.3 Å². The van der Waals surface area contributed by atoms with Crippen LogP contribution in [0.3, 0.4) is 0 Å². The maximum absolute atomic E-state index is 12.6. The van der Waals surface area contributed by atoms with Crippen LogP contribution >= 0.6 is 0 Å².